The summed E-state index contributed by atoms with van der Waals surface area (Å²) in [6.07, 6.45) is -1.16. The van der Waals surface area contributed by atoms with Crippen LogP contribution >= 0.6 is 11.6 Å². The van der Waals surface area contributed by atoms with E-state index in [-0.39, 0.29) is 10.6 Å². The SMILES string of the molecule is CCc1ccc(NC(=O)/C=C/c2ccc(Cl)c(C(F)(F)F)c2)cc1. The number of halogens is 4. The number of carbonyl (C=O) groups is 1. The van der Waals surface area contributed by atoms with Gasteiger partial charge in [-0.3, -0.25) is 4.79 Å². The molecule has 0 aliphatic heterocycles. The van der Waals surface area contributed by atoms with Crippen molar-refractivity contribution in [3.8, 4) is 0 Å². The monoisotopic (exact) mass is 353 g/mol. The largest absolute Gasteiger partial charge is 0.417 e. The molecule has 2 aromatic carbocycles. The molecule has 0 fully saturated rings. The molecular formula is C18H15ClF3NO. The van der Waals surface area contributed by atoms with Crippen LogP contribution in [0.15, 0.2) is 48.5 Å². The molecule has 0 saturated carbocycles. The molecule has 0 heterocycles. The van der Waals surface area contributed by atoms with Crippen LogP contribution in [0.3, 0.4) is 0 Å². The second-order valence-corrected chi connectivity index (χ2v) is 5.52. The average molecular weight is 354 g/mol. The van der Waals surface area contributed by atoms with Crippen LogP contribution in [0, 0.1) is 0 Å². The van der Waals surface area contributed by atoms with Crippen LogP contribution in [0.2, 0.25) is 5.02 Å². The maximum absolute atomic E-state index is 12.8. The van der Waals surface area contributed by atoms with E-state index in [1.807, 2.05) is 19.1 Å². The fourth-order valence-corrected chi connectivity index (χ4v) is 2.27. The number of aryl methyl sites for hydroxylation is 1. The Hall–Kier alpha value is -2.27. The van der Waals surface area contributed by atoms with Gasteiger partial charge in [-0.2, -0.15) is 13.2 Å². The molecule has 1 N–H and O–H groups in total. The zero-order chi connectivity index (χ0) is 17.7. The summed E-state index contributed by atoms with van der Waals surface area (Å²) in [5, 5.41) is 2.27. The van der Waals surface area contributed by atoms with Crippen molar-refractivity contribution >= 4 is 29.3 Å². The Balaban J connectivity index is 2.08. The van der Waals surface area contributed by atoms with Gasteiger partial charge in [-0.25, -0.2) is 0 Å². The van der Waals surface area contributed by atoms with E-state index in [1.165, 1.54) is 18.2 Å². The van der Waals surface area contributed by atoms with Crippen LogP contribution < -0.4 is 5.32 Å². The van der Waals surface area contributed by atoms with Gasteiger partial charge in [0.15, 0.2) is 0 Å². The maximum atomic E-state index is 12.8. The van der Waals surface area contributed by atoms with E-state index in [2.05, 4.69) is 5.32 Å². The van der Waals surface area contributed by atoms with Crippen molar-refractivity contribution in [3.63, 3.8) is 0 Å². The predicted molar refractivity (Wildman–Crippen MR) is 89.9 cm³/mol. The van der Waals surface area contributed by atoms with E-state index in [4.69, 9.17) is 11.6 Å². The van der Waals surface area contributed by atoms with Gasteiger partial charge in [0.25, 0.3) is 0 Å². The summed E-state index contributed by atoms with van der Waals surface area (Å²) in [6, 6.07) is 10.8. The summed E-state index contributed by atoms with van der Waals surface area (Å²) in [4.78, 5) is 11.8. The molecule has 126 valence electrons. The van der Waals surface area contributed by atoms with Gasteiger partial charge in [0.05, 0.1) is 10.6 Å². The van der Waals surface area contributed by atoms with Crippen LogP contribution in [0.4, 0.5) is 18.9 Å². The number of hydrogen-bond acceptors (Lipinski definition) is 1. The number of carbonyl (C=O) groups excluding carboxylic acids is 1. The van der Waals surface area contributed by atoms with Crippen LogP contribution in [-0.4, -0.2) is 5.91 Å². The lowest BCUT2D eigenvalue weighted by atomic mass is 10.1. The molecule has 1 amide bonds. The van der Waals surface area contributed by atoms with Gasteiger partial charge in [-0.15, -0.1) is 0 Å². The summed E-state index contributed by atoms with van der Waals surface area (Å²) >= 11 is 5.55. The highest BCUT2D eigenvalue weighted by Gasteiger charge is 2.33. The second-order valence-electron chi connectivity index (χ2n) is 5.11. The summed E-state index contributed by atoms with van der Waals surface area (Å²) < 4.78 is 38.4. The van der Waals surface area contributed by atoms with Gasteiger partial charge in [-0.05, 0) is 47.9 Å². The molecule has 0 aliphatic rings. The van der Waals surface area contributed by atoms with Crippen LogP contribution in [0.1, 0.15) is 23.6 Å². The third kappa shape index (κ3) is 4.86. The lowest BCUT2D eigenvalue weighted by Gasteiger charge is -2.09. The van der Waals surface area contributed by atoms with Gasteiger partial charge < -0.3 is 5.32 Å². The average Bonchev–Trinajstić information content (AvgIpc) is 2.53. The lowest BCUT2D eigenvalue weighted by Crippen LogP contribution is -2.08. The quantitative estimate of drug-likeness (QED) is 0.715. The first-order valence-corrected chi connectivity index (χ1v) is 7.62. The normalized spacial score (nSPS) is 11.7. The first kappa shape index (κ1) is 18.1. The molecule has 2 rings (SSSR count). The van der Waals surface area contributed by atoms with E-state index in [1.54, 1.807) is 12.1 Å². The van der Waals surface area contributed by atoms with E-state index < -0.39 is 17.6 Å². The minimum Gasteiger partial charge on any atom is -0.323 e. The summed E-state index contributed by atoms with van der Waals surface area (Å²) in [7, 11) is 0. The second kappa shape index (κ2) is 7.53. The van der Waals surface area contributed by atoms with Crippen molar-refractivity contribution in [2.24, 2.45) is 0 Å². The Morgan fingerprint density at radius 1 is 1.17 bits per heavy atom. The third-order valence-electron chi connectivity index (χ3n) is 3.35. The topological polar surface area (TPSA) is 29.1 Å². The number of alkyl halides is 3. The zero-order valence-electron chi connectivity index (χ0n) is 12.8. The summed E-state index contributed by atoms with van der Waals surface area (Å²) in [5.74, 6) is -0.428. The molecule has 0 aromatic heterocycles. The molecule has 0 spiro atoms. The van der Waals surface area contributed by atoms with E-state index in [9.17, 15) is 18.0 Å². The van der Waals surface area contributed by atoms with Crippen LogP contribution in [0.25, 0.3) is 6.08 Å². The minimum absolute atomic E-state index is 0.239. The van der Waals surface area contributed by atoms with E-state index in [0.717, 1.165) is 24.1 Å². The van der Waals surface area contributed by atoms with Crippen molar-refractivity contribution in [3.05, 3.63) is 70.3 Å². The fourth-order valence-electron chi connectivity index (χ4n) is 2.04. The smallest absolute Gasteiger partial charge is 0.323 e. The Morgan fingerprint density at radius 2 is 1.83 bits per heavy atom. The van der Waals surface area contributed by atoms with Crippen LogP contribution in [0.5, 0.6) is 0 Å². The van der Waals surface area contributed by atoms with Crippen molar-refractivity contribution in [1.29, 1.82) is 0 Å². The molecule has 0 bridgehead atoms. The Morgan fingerprint density at radius 3 is 2.42 bits per heavy atom. The van der Waals surface area contributed by atoms with E-state index >= 15 is 0 Å². The summed E-state index contributed by atoms with van der Waals surface area (Å²) in [5.41, 5.74) is 1.07. The predicted octanol–water partition coefficient (Wildman–Crippen LogP) is 5.57. The molecule has 2 nitrogen and oxygen atoms in total. The maximum Gasteiger partial charge on any atom is 0.417 e. The summed E-state index contributed by atoms with van der Waals surface area (Å²) in [6.45, 7) is 2.03. The Bertz CT molecular complexity index is 752. The molecule has 24 heavy (non-hydrogen) atoms. The number of rotatable bonds is 4. The Labute approximate surface area is 142 Å². The first-order valence-electron chi connectivity index (χ1n) is 7.24. The van der Waals surface area contributed by atoms with Crippen molar-refractivity contribution in [1.82, 2.24) is 0 Å². The fraction of sp³-hybridized carbons (Fsp3) is 0.167. The number of amides is 1. The van der Waals surface area contributed by atoms with E-state index in [0.29, 0.717) is 5.69 Å². The third-order valence-corrected chi connectivity index (χ3v) is 3.68. The van der Waals surface area contributed by atoms with Crippen molar-refractivity contribution in [2.75, 3.05) is 5.32 Å². The molecule has 6 heteroatoms. The number of anilines is 1. The molecule has 0 radical (unpaired) electrons. The molecule has 0 atom stereocenters. The highest BCUT2D eigenvalue weighted by molar-refractivity contribution is 6.31. The molecular weight excluding hydrogens is 339 g/mol. The molecule has 2 aromatic rings. The van der Waals surface area contributed by atoms with Gasteiger partial charge in [-0.1, -0.05) is 36.7 Å². The van der Waals surface area contributed by atoms with Gasteiger partial charge in [0, 0.05) is 11.8 Å². The number of hydrogen-bond donors (Lipinski definition) is 1. The van der Waals surface area contributed by atoms with Gasteiger partial charge in [0.2, 0.25) is 5.91 Å². The first-order chi connectivity index (χ1) is 11.3. The Kier molecular flexibility index (Phi) is 5.67. The highest BCUT2D eigenvalue weighted by atomic mass is 35.5. The molecule has 0 saturated heterocycles. The van der Waals surface area contributed by atoms with Crippen LogP contribution in [-0.2, 0) is 17.4 Å². The van der Waals surface area contributed by atoms with Crippen molar-refractivity contribution in [2.45, 2.75) is 19.5 Å². The molecule has 0 unspecified atom stereocenters. The van der Waals surface area contributed by atoms with Gasteiger partial charge in [0.1, 0.15) is 0 Å². The van der Waals surface area contributed by atoms with Crippen molar-refractivity contribution < 1.29 is 18.0 Å². The lowest BCUT2D eigenvalue weighted by molar-refractivity contribution is -0.137. The standard InChI is InChI=1S/C18H15ClF3NO/c1-2-12-3-7-14(8-4-12)23-17(24)10-6-13-5-9-16(19)15(11-13)18(20,21)22/h3-11H,2H2,1H3,(H,23,24)/b10-6+. The van der Waals surface area contributed by atoms with Gasteiger partial charge >= 0.3 is 6.18 Å². The number of benzene rings is 2. The minimum atomic E-state index is -4.54. The highest BCUT2D eigenvalue weighted by Crippen LogP contribution is 2.35. The number of nitrogens with one attached hydrogen (secondary N) is 1. The zero-order valence-corrected chi connectivity index (χ0v) is 13.6. The molecule has 0 aliphatic carbocycles.